The van der Waals surface area contributed by atoms with Crippen molar-refractivity contribution in [3.63, 3.8) is 0 Å². The van der Waals surface area contributed by atoms with Gasteiger partial charge in [0.15, 0.2) is 12.2 Å². The zero-order valence-corrected chi connectivity index (χ0v) is 20.8. The van der Waals surface area contributed by atoms with Gasteiger partial charge in [0, 0.05) is 12.1 Å². The monoisotopic (exact) mass is 484 g/mol. The summed E-state index contributed by atoms with van der Waals surface area (Å²) in [5, 5.41) is 5.37. The number of ether oxygens (including phenoxy) is 3. The molecule has 0 aromatic heterocycles. The molecule has 2 aromatic rings. The number of benzene rings is 2. The van der Waals surface area contributed by atoms with E-state index in [0.717, 1.165) is 0 Å². The zero-order chi connectivity index (χ0) is 26.1. The fourth-order valence-electron chi connectivity index (χ4n) is 2.82. The summed E-state index contributed by atoms with van der Waals surface area (Å²) in [6.45, 7) is 10.3. The lowest BCUT2D eigenvalue weighted by Gasteiger charge is -2.15. The molecule has 0 spiro atoms. The van der Waals surface area contributed by atoms with E-state index in [1.54, 1.807) is 24.3 Å². The lowest BCUT2D eigenvalue weighted by molar-refractivity contribution is -0.130. The van der Waals surface area contributed by atoms with Gasteiger partial charge in [-0.1, -0.05) is 0 Å². The molecule has 2 amide bonds. The van der Waals surface area contributed by atoms with Crippen LogP contribution in [-0.4, -0.2) is 48.0 Å². The molecule has 0 aliphatic rings. The van der Waals surface area contributed by atoms with Gasteiger partial charge in [0.2, 0.25) is 0 Å². The summed E-state index contributed by atoms with van der Waals surface area (Å²) in [5.74, 6) is -1.06. The van der Waals surface area contributed by atoms with Crippen molar-refractivity contribution in [3.05, 3.63) is 59.7 Å². The Morgan fingerprint density at radius 2 is 0.886 bits per heavy atom. The third kappa shape index (κ3) is 8.77. The van der Waals surface area contributed by atoms with Crippen molar-refractivity contribution in [2.24, 2.45) is 0 Å². The molecule has 0 bridgehead atoms. The summed E-state index contributed by atoms with van der Waals surface area (Å²) in [7, 11) is 0. The van der Waals surface area contributed by atoms with E-state index in [4.69, 9.17) is 14.2 Å². The molecule has 0 aliphatic heterocycles. The van der Waals surface area contributed by atoms with Crippen molar-refractivity contribution < 1.29 is 33.4 Å². The first-order valence-electron chi connectivity index (χ1n) is 11.4. The third-order valence-electron chi connectivity index (χ3n) is 4.58. The molecule has 35 heavy (non-hydrogen) atoms. The number of carbonyl (C=O) groups excluding carboxylic acids is 4. The van der Waals surface area contributed by atoms with Crippen LogP contribution in [0.15, 0.2) is 48.5 Å². The Bertz CT molecular complexity index is 947. The van der Waals surface area contributed by atoms with E-state index in [-0.39, 0.29) is 35.0 Å². The number of amides is 2. The van der Waals surface area contributed by atoms with Gasteiger partial charge in [-0.2, -0.15) is 0 Å². The van der Waals surface area contributed by atoms with Gasteiger partial charge in [-0.3, -0.25) is 9.59 Å². The van der Waals surface area contributed by atoms with E-state index in [0.29, 0.717) is 11.5 Å². The van der Waals surface area contributed by atoms with E-state index in [2.05, 4.69) is 10.6 Å². The maximum Gasteiger partial charge on any atom is 0.338 e. The Morgan fingerprint density at radius 3 is 1.17 bits per heavy atom. The van der Waals surface area contributed by atoms with Gasteiger partial charge in [-0.15, -0.1) is 0 Å². The highest BCUT2D eigenvalue weighted by molar-refractivity contribution is 5.93. The molecule has 0 aliphatic carbocycles. The smallest absolute Gasteiger partial charge is 0.338 e. The van der Waals surface area contributed by atoms with Crippen LogP contribution in [0.2, 0.25) is 0 Å². The van der Waals surface area contributed by atoms with Gasteiger partial charge < -0.3 is 24.8 Å². The maximum atomic E-state index is 12.3. The van der Waals surface area contributed by atoms with E-state index in [1.165, 1.54) is 38.1 Å². The van der Waals surface area contributed by atoms with Crippen molar-refractivity contribution in [1.29, 1.82) is 0 Å². The molecule has 0 fully saturated rings. The van der Waals surface area contributed by atoms with E-state index in [9.17, 15) is 19.2 Å². The second-order valence-corrected chi connectivity index (χ2v) is 8.57. The molecule has 9 nitrogen and oxygen atoms in total. The summed E-state index contributed by atoms with van der Waals surface area (Å²) in [5.41, 5.74) is 0.547. The van der Waals surface area contributed by atoms with Gasteiger partial charge in [0.1, 0.15) is 11.5 Å². The quantitative estimate of drug-likeness (QED) is 0.494. The van der Waals surface area contributed by atoms with Crippen molar-refractivity contribution in [3.8, 4) is 11.5 Å². The van der Waals surface area contributed by atoms with E-state index in [1.807, 2.05) is 27.7 Å². The Kier molecular flexibility index (Phi) is 9.81. The van der Waals surface area contributed by atoms with Crippen LogP contribution in [0.3, 0.4) is 0 Å². The highest BCUT2D eigenvalue weighted by Gasteiger charge is 2.20. The van der Waals surface area contributed by atoms with Crippen LogP contribution < -0.4 is 15.4 Å². The third-order valence-corrected chi connectivity index (χ3v) is 4.58. The number of nitrogens with one attached hydrogen (secondary N) is 2. The Hall–Kier alpha value is -3.88. The average Bonchev–Trinajstić information content (AvgIpc) is 2.79. The SMILES string of the molecule is CC(C)NC(=O)C(C)OC(=O)c1ccc(Oc2ccc(C(=O)OC(C)C(=O)NC(C)C)cc2)cc1. The molecule has 0 heterocycles. The molecule has 9 heteroatoms. The number of esters is 2. The van der Waals surface area contributed by atoms with Gasteiger partial charge in [-0.05, 0) is 90.1 Å². The van der Waals surface area contributed by atoms with Crippen LogP contribution in [-0.2, 0) is 19.1 Å². The topological polar surface area (TPSA) is 120 Å². The van der Waals surface area contributed by atoms with Crippen molar-refractivity contribution in [1.82, 2.24) is 10.6 Å². The molecule has 2 N–H and O–H groups in total. The second kappa shape index (κ2) is 12.5. The standard InChI is InChI=1S/C26H32N2O7/c1-15(2)27-23(29)17(5)33-25(31)19-7-11-21(12-8-19)35-22-13-9-20(10-14-22)26(32)34-18(6)24(30)28-16(3)4/h7-18H,1-6H3,(H,27,29)(H,28,30). The van der Waals surface area contributed by atoms with Crippen LogP contribution in [0.5, 0.6) is 11.5 Å². The van der Waals surface area contributed by atoms with Gasteiger partial charge in [0.05, 0.1) is 11.1 Å². The van der Waals surface area contributed by atoms with Gasteiger partial charge in [-0.25, -0.2) is 9.59 Å². The van der Waals surface area contributed by atoms with Crippen LogP contribution in [0, 0.1) is 0 Å². The number of rotatable bonds is 10. The minimum absolute atomic E-state index is 0.0559. The summed E-state index contributed by atoms with van der Waals surface area (Å²) in [6, 6.07) is 12.4. The molecule has 2 aromatic carbocycles. The molecule has 2 rings (SSSR count). The van der Waals surface area contributed by atoms with Crippen LogP contribution in [0.4, 0.5) is 0 Å². The van der Waals surface area contributed by atoms with Crippen molar-refractivity contribution in [2.75, 3.05) is 0 Å². The predicted molar refractivity (Wildman–Crippen MR) is 129 cm³/mol. The highest BCUT2D eigenvalue weighted by Crippen LogP contribution is 2.23. The number of carbonyl (C=O) groups is 4. The predicted octanol–water partition coefficient (Wildman–Crippen LogP) is 3.62. The summed E-state index contributed by atoms with van der Waals surface area (Å²) in [4.78, 5) is 48.4. The fourth-order valence-corrected chi connectivity index (χ4v) is 2.82. The second-order valence-electron chi connectivity index (χ2n) is 8.57. The molecule has 0 radical (unpaired) electrons. The molecule has 0 saturated heterocycles. The van der Waals surface area contributed by atoms with Crippen LogP contribution >= 0.6 is 0 Å². The largest absolute Gasteiger partial charge is 0.457 e. The Morgan fingerprint density at radius 1 is 0.571 bits per heavy atom. The molecular formula is C26H32N2O7. The van der Waals surface area contributed by atoms with E-state index >= 15 is 0 Å². The van der Waals surface area contributed by atoms with Gasteiger partial charge >= 0.3 is 11.9 Å². The maximum absolute atomic E-state index is 12.3. The molecular weight excluding hydrogens is 452 g/mol. The highest BCUT2D eigenvalue weighted by atomic mass is 16.6. The normalized spacial score (nSPS) is 12.5. The lowest BCUT2D eigenvalue weighted by Crippen LogP contribution is -2.39. The molecule has 2 unspecified atom stereocenters. The lowest BCUT2D eigenvalue weighted by atomic mass is 10.2. The Balaban J connectivity index is 1.92. The zero-order valence-electron chi connectivity index (χ0n) is 20.8. The minimum atomic E-state index is -0.918. The first kappa shape index (κ1) is 27.4. The van der Waals surface area contributed by atoms with Crippen LogP contribution in [0.1, 0.15) is 62.3 Å². The van der Waals surface area contributed by atoms with Crippen LogP contribution in [0.25, 0.3) is 0 Å². The van der Waals surface area contributed by atoms with Gasteiger partial charge in [0.25, 0.3) is 11.8 Å². The fraction of sp³-hybridized carbons (Fsp3) is 0.385. The van der Waals surface area contributed by atoms with E-state index < -0.39 is 24.1 Å². The summed E-state index contributed by atoms with van der Waals surface area (Å²) in [6.07, 6.45) is -1.84. The molecule has 188 valence electrons. The number of hydrogen-bond acceptors (Lipinski definition) is 7. The first-order valence-corrected chi connectivity index (χ1v) is 11.4. The average molecular weight is 485 g/mol. The molecule has 2 atom stereocenters. The van der Waals surface area contributed by atoms with Crippen molar-refractivity contribution >= 4 is 23.8 Å². The molecule has 0 saturated carbocycles. The number of hydrogen-bond donors (Lipinski definition) is 2. The minimum Gasteiger partial charge on any atom is -0.457 e. The summed E-state index contributed by atoms with van der Waals surface area (Å²) >= 11 is 0. The van der Waals surface area contributed by atoms with Crippen molar-refractivity contribution in [2.45, 2.75) is 65.8 Å². The first-order chi connectivity index (χ1) is 16.5. The Labute approximate surface area is 205 Å². The summed E-state index contributed by atoms with van der Waals surface area (Å²) < 4.78 is 16.1.